The fourth-order valence-electron chi connectivity index (χ4n) is 2.05. The Morgan fingerprint density at radius 2 is 1.64 bits per heavy atom. The SMILES string of the molecule is COc1cc(O)cc(C(C)(C)C)c1.C[Si](C)(C)C1=[C-]CC=C1.[Cl-].[Cl-].[Ti]. The van der Waals surface area contributed by atoms with Crippen molar-refractivity contribution < 1.29 is 56.4 Å². The minimum absolute atomic E-state index is 0. The van der Waals surface area contributed by atoms with Gasteiger partial charge in [-0.3, -0.25) is 6.08 Å². The summed E-state index contributed by atoms with van der Waals surface area (Å²) < 4.78 is 5.07. The van der Waals surface area contributed by atoms with Crippen molar-refractivity contribution in [1.29, 1.82) is 0 Å². The molecule has 1 aliphatic rings. The van der Waals surface area contributed by atoms with E-state index >= 15 is 0 Å². The third kappa shape index (κ3) is 10.5. The standard InChI is InChI=1S/C11H16O2.C8H13Si.2ClH.Ti/c1-11(2,3)8-5-9(12)7-10(6-8)13-4;1-9(2,3)8-6-4-5-7-8;;;/h5-7,12H,1-4H3;4,6H,5H2,1-3H3;2*1H;/q;-1;;;/p-2. The van der Waals surface area contributed by atoms with Crippen LogP contribution in [-0.4, -0.2) is 20.3 Å². The number of halogens is 2. The van der Waals surface area contributed by atoms with Crippen LogP contribution in [0.4, 0.5) is 0 Å². The number of allylic oxidation sites excluding steroid dienone is 4. The van der Waals surface area contributed by atoms with E-state index in [9.17, 15) is 5.11 Å². The van der Waals surface area contributed by atoms with Gasteiger partial charge in [-0.1, -0.05) is 40.4 Å². The summed E-state index contributed by atoms with van der Waals surface area (Å²) in [5.41, 5.74) is 1.11. The summed E-state index contributed by atoms with van der Waals surface area (Å²) >= 11 is 0. The van der Waals surface area contributed by atoms with Gasteiger partial charge in [-0.2, -0.15) is 6.08 Å². The van der Waals surface area contributed by atoms with Gasteiger partial charge in [0.2, 0.25) is 0 Å². The maximum Gasteiger partial charge on any atom is 0.122 e. The van der Waals surface area contributed by atoms with E-state index in [1.54, 1.807) is 19.2 Å². The number of aromatic hydroxyl groups is 1. The molecule has 1 aromatic carbocycles. The molecular formula is C19H29Cl2O2SiTi-3. The average molecular weight is 436 g/mol. The van der Waals surface area contributed by atoms with Crippen LogP contribution in [0.5, 0.6) is 11.5 Å². The molecule has 0 unspecified atom stereocenters. The molecule has 1 aliphatic carbocycles. The predicted octanol–water partition coefficient (Wildman–Crippen LogP) is -0.743. The zero-order chi connectivity index (χ0) is 17.0. The molecule has 0 amide bonds. The molecular weight excluding hydrogens is 407 g/mol. The van der Waals surface area contributed by atoms with Crippen LogP contribution in [-0.2, 0) is 27.1 Å². The third-order valence-electron chi connectivity index (χ3n) is 3.50. The number of hydrogen-bond acceptors (Lipinski definition) is 2. The molecule has 0 aliphatic heterocycles. The van der Waals surface area contributed by atoms with Crippen LogP contribution in [0.3, 0.4) is 0 Å². The van der Waals surface area contributed by atoms with Crippen LogP contribution >= 0.6 is 0 Å². The van der Waals surface area contributed by atoms with Crippen molar-refractivity contribution in [2.75, 3.05) is 7.11 Å². The van der Waals surface area contributed by atoms with Crippen LogP contribution in [0, 0.1) is 6.08 Å². The van der Waals surface area contributed by atoms with Crippen molar-refractivity contribution in [3.05, 3.63) is 47.2 Å². The molecule has 0 heterocycles. The van der Waals surface area contributed by atoms with Crippen molar-refractivity contribution in [1.82, 2.24) is 0 Å². The average Bonchev–Trinajstić information content (AvgIpc) is 2.91. The van der Waals surface area contributed by atoms with Crippen molar-refractivity contribution in [3.63, 3.8) is 0 Å². The Balaban J connectivity index is -0.000000362. The zero-order valence-corrected chi connectivity index (χ0v) is 20.3. The molecule has 2 rings (SSSR count). The smallest absolute Gasteiger partial charge is 0.122 e. The van der Waals surface area contributed by atoms with Gasteiger partial charge >= 0.3 is 0 Å². The Morgan fingerprint density at radius 1 is 1.08 bits per heavy atom. The summed E-state index contributed by atoms with van der Waals surface area (Å²) in [5.74, 6) is 0.953. The van der Waals surface area contributed by atoms with Gasteiger partial charge < -0.3 is 34.7 Å². The Hall–Kier alpha value is -0.189. The van der Waals surface area contributed by atoms with Crippen molar-refractivity contribution in [2.24, 2.45) is 0 Å². The first kappa shape index (κ1) is 29.6. The van der Waals surface area contributed by atoms with Crippen LogP contribution in [0.15, 0.2) is 35.5 Å². The summed E-state index contributed by atoms with van der Waals surface area (Å²) in [7, 11) is 0.593. The predicted molar refractivity (Wildman–Crippen MR) is 97.2 cm³/mol. The van der Waals surface area contributed by atoms with Crippen LogP contribution in [0.25, 0.3) is 0 Å². The fourth-order valence-corrected chi connectivity index (χ4v) is 3.30. The molecule has 142 valence electrons. The summed E-state index contributed by atoms with van der Waals surface area (Å²) in [5, 5.41) is 10.9. The maximum absolute atomic E-state index is 9.41. The maximum atomic E-state index is 9.41. The molecule has 6 heteroatoms. The van der Waals surface area contributed by atoms with E-state index in [2.05, 4.69) is 58.6 Å². The number of phenolic OH excluding ortho intramolecular Hbond substituents is 1. The molecule has 1 aromatic rings. The number of ether oxygens (including phenoxy) is 1. The van der Waals surface area contributed by atoms with E-state index in [0.29, 0.717) is 5.75 Å². The molecule has 25 heavy (non-hydrogen) atoms. The number of hydrogen-bond donors (Lipinski definition) is 1. The molecule has 2 nitrogen and oxygen atoms in total. The monoisotopic (exact) mass is 435 g/mol. The third-order valence-corrected chi connectivity index (χ3v) is 5.46. The van der Waals surface area contributed by atoms with Gasteiger partial charge in [0.15, 0.2) is 0 Å². The van der Waals surface area contributed by atoms with Crippen LogP contribution in [0.2, 0.25) is 19.6 Å². The van der Waals surface area contributed by atoms with E-state index in [-0.39, 0.29) is 57.7 Å². The van der Waals surface area contributed by atoms with E-state index in [1.807, 2.05) is 6.07 Å². The largest absolute Gasteiger partial charge is 1.00 e. The molecule has 0 radical (unpaired) electrons. The molecule has 0 atom stereocenters. The van der Waals surface area contributed by atoms with Gasteiger partial charge in [0.05, 0.1) is 7.11 Å². The summed E-state index contributed by atoms with van der Waals surface area (Å²) in [6.07, 6.45) is 8.82. The van der Waals surface area contributed by atoms with Gasteiger partial charge in [-0.25, -0.2) is 11.3 Å². The Morgan fingerprint density at radius 3 is 1.96 bits per heavy atom. The van der Waals surface area contributed by atoms with E-state index < -0.39 is 8.07 Å². The molecule has 0 fully saturated rings. The molecule has 0 bridgehead atoms. The number of benzene rings is 1. The summed E-state index contributed by atoms with van der Waals surface area (Å²) in [6.45, 7) is 13.4. The molecule has 0 saturated heterocycles. The first-order valence-corrected chi connectivity index (χ1v) is 11.2. The second-order valence-electron chi connectivity index (χ2n) is 7.62. The Labute approximate surface area is 181 Å². The van der Waals surface area contributed by atoms with E-state index in [1.165, 1.54) is 5.20 Å². The summed E-state index contributed by atoms with van der Waals surface area (Å²) in [6, 6.07) is 5.32. The molecule has 0 saturated carbocycles. The van der Waals surface area contributed by atoms with Crippen LogP contribution in [0.1, 0.15) is 32.8 Å². The number of rotatable bonds is 2. The molecule has 1 N–H and O–H groups in total. The second kappa shape index (κ2) is 12.2. The minimum atomic E-state index is -1.01. The zero-order valence-electron chi connectivity index (χ0n) is 16.2. The molecule has 0 spiro atoms. The quantitative estimate of drug-likeness (QED) is 0.489. The van der Waals surface area contributed by atoms with Crippen molar-refractivity contribution >= 4 is 8.07 Å². The van der Waals surface area contributed by atoms with Gasteiger partial charge in [0.25, 0.3) is 0 Å². The van der Waals surface area contributed by atoms with E-state index in [0.717, 1.165) is 12.0 Å². The topological polar surface area (TPSA) is 29.5 Å². The Kier molecular flexibility index (Phi) is 14.5. The summed E-state index contributed by atoms with van der Waals surface area (Å²) in [4.78, 5) is 0. The first-order valence-electron chi connectivity index (χ1n) is 7.70. The minimum Gasteiger partial charge on any atom is -1.00 e. The van der Waals surface area contributed by atoms with Crippen molar-refractivity contribution in [3.8, 4) is 11.5 Å². The first-order chi connectivity index (χ1) is 10.0. The van der Waals surface area contributed by atoms with E-state index in [4.69, 9.17) is 4.74 Å². The fraction of sp³-hybridized carbons (Fsp3) is 0.474. The van der Waals surface area contributed by atoms with Gasteiger partial charge in [0, 0.05) is 35.9 Å². The normalized spacial score (nSPS) is 12.5. The van der Waals surface area contributed by atoms with Gasteiger partial charge in [0.1, 0.15) is 11.5 Å². The second-order valence-corrected chi connectivity index (χ2v) is 12.7. The van der Waals surface area contributed by atoms with Gasteiger partial charge in [-0.15, -0.1) is 6.42 Å². The van der Waals surface area contributed by atoms with Crippen LogP contribution < -0.4 is 29.6 Å². The van der Waals surface area contributed by atoms with Crippen molar-refractivity contribution in [2.45, 2.75) is 52.2 Å². The number of methoxy groups -OCH3 is 1. The van der Waals surface area contributed by atoms with Gasteiger partial charge in [-0.05, 0) is 23.1 Å². The number of phenols is 1. The molecule has 0 aromatic heterocycles. The Bertz CT molecular complexity index is 574.